The van der Waals surface area contributed by atoms with Crippen molar-refractivity contribution in [1.29, 1.82) is 0 Å². The Morgan fingerprint density at radius 3 is 3.00 bits per heavy atom. The highest BCUT2D eigenvalue weighted by Crippen LogP contribution is 2.41. The third kappa shape index (κ3) is 2.45. The lowest BCUT2D eigenvalue weighted by atomic mass is 9.98. The van der Waals surface area contributed by atoms with E-state index in [0.717, 1.165) is 23.7 Å². The van der Waals surface area contributed by atoms with E-state index in [0.29, 0.717) is 0 Å². The molecule has 1 atom stereocenters. The molecule has 0 spiro atoms. The molecule has 3 nitrogen and oxygen atoms in total. The quantitative estimate of drug-likeness (QED) is 0.934. The molecule has 4 heteroatoms. The number of thiazole rings is 1. The van der Waals surface area contributed by atoms with E-state index in [1.54, 1.807) is 11.3 Å². The number of rotatable bonds is 4. The van der Waals surface area contributed by atoms with Gasteiger partial charge in [0.05, 0.1) is 6.04 Å². The van der Waals surface area contributed by atoms with Crippen LogP contribution >= 0.6 is 11.3 Å². The zero-order valence-corrected chi connectivity index (χ0v) is 13.0. The van der Waals surface area contributed by atoms with E-state index >= 15 is 0 Å². The van der Waals surface area contributed by atoms with Gasteiger partial charge in [-0.2, -0.15) is 0 Å². The number of nitrogens with one attached hydrogen (secondary N) is 1. The van der Waals surface area contributed by atoms with Gasteiger partial charge >= 0.3 is 0 Å². The highest BCUT2D eigenvalue weighted by molar-refractivity contribution is 7.09. The van der Waals surface area contributed by atoms with Crippen LogP contribution in [0.25, 0.3) is 0 Å². The third-order valence-electron chi connectivity index (χ3n) is 3.54. The molecule has 1 aliphatic rings. The maximum Gasteiger partial charge on any atom is 0.128 e. The van der Waals surface area contributed by atoms with Crippen molar-refractivity contribution in [2.45, 2.75) is 38.8 Å². The van der Waals surface area contributed by atoms with Crippen LogP contribution in [0.5, 0.6) is 5.75 Å². The first-order chi connectivity index (χ1) is 9.61. The summed E-state index contributed by atoms with van der Waals surface area (Å²) in [5.41, 5.74) is 2.38. The molecule has 1 aliphatic heterocycles. The van der Waals surface area contributed by atoms with E-state index in [9.17, 15) is 0 Å². The minimum atomic E-state index is -0.113. The normalized spacial score (nSPS) is 17.6. The maximum absolute atomic E-state index is 6.19. The molecule has 3 rings (SSSR count). The van der Waals surface area contributed by atoms with Gasteiger partial charge in [-0.05, 0) is 26.0 Å². The van der Waals surface area contributed by atoms with Crippen molar-refractivity contribution in [3.05, 3.63) is 45.9 Å². The summed E-state index contributed by atoms with van der Waals surface area (Å²) in [6, 6.07) is 6.55. The first-order valence-corrected chi connectivity index (χ1v) is 7.92. The van der Waals surface area contributed by atoms with Crippen LogP contribution in [0.4, 0.5) is 0 Å². The zero-order valence-electron chi connectivity index (χ0n) is 12.1. The first kappa shape index (κ1) is 13.6. The van der Waals surface area contributed by atoms with Gasteiger partial charge in [-0.3, -0.25) is 0 Å². The monoisotopic (exact) mass is 288 g/mol. The lowest BCUT2D eigenvalue weighted by Crippen LogP contribution is -2.26. The predicted octanol–water partition coefficient (Wildman–Crippen LogP) is 3.56. The van der Waals surface area contributed by atoms with E-state index in [-0.39, 0.29) is 11.6 Å². The summed E-state index contributed by atoms with van der Waals surface area (Å²) in [7, 11) is 0. The van der Waals surface area contributed by atoms with Gasteiger partial charge in [-0.15, -0.1) is 11.3 Å². The van der Waals surface area contributed by atoms with Crippen LogP contribution < -0.4 is 10.1 Å². The van der Waals surface area contributed by atoms with E-state index in [2.05, 4.69) is 49.3 Å². The van der Waals surface area contributed by atoms with Gasteiger partial charge in [0.2, 0.25) is 0 Å². The van der Waals surface area contributed by atoms with Crippen LogP contribution in [-0.4, -0.2) is 17.1 Å². The second-order valence-corrected chi connectivity index (χ2v) is 6.66. The molecule has 1 N–H and O–H groups in total. The Morgan fingerprint density at radius 1 is 1.45 bits per heavy atom. The zero-order chi connectivity index (χ0) is 14.2. The Morgan fingerprint density at radius 2 is 2.30 bits per heavy atom. The molecular weight excluding hydrogens is 268 g/mol. The van der Waals surface area contributed by atoms with E-state index in [4.69, 9.17) is 4.74 Å². The van der Waals surface area contributed by atoms with Gasteiger partial charge in [0.25, 0.3) is 0 Å². The van der Waals surface area contributed by atoms with Crippen molar-refractivity contribution < 1.29 is 4.74 Å². The Hall–Kier alpha value is -1.39. The largest absolute Gasteiger partial charge is 0.487 e. The Bertz CT molecular complexity index is 593. The summed E-state index contributed by atoms with van der Waals surface area (Å²) in [6.45, 7) is 7.30. The van der Waals surface area contributed by atoms with E-state index in [1.807, 2.05) is 11.6 Å². The lowest BCUT2D eigenvalue weighted by molar-refractivity contribution is 0.136. The van der Waals surface area contributed by atoms with Crippen LogP contribution in [-0.2, 0) is 6.42 Å². The summed E-state index contributed by atoms with van der Waals surface area (Å²) in [6.07, 6.45) is 2.82. The second kappa shape index (κ2) is 5.19. The summed E-state index contributed by atoms with van der Waals surface area (Å²) in [5, 5.41) is 6.64. The van der Waals surface area contributed by atoms with Crippen molar-refractivity contribution in [3.8, 4) is 5.75 Å². The van der Waals surface area contributed by atoms with E-state index < -0.39 is 0 Å². The number of fused-ring (bicyclic) bond motifs is 1. The number of ether oxygens (including phenoxy) is 1. The maximum atomic E-state index is 6.19. The van der Waals surface area contributed by atoms with Crippen molar-refractivity contribution in [2.75, 3.05) is 6.54 Å². The fourth-order valence-electron chi connectivity index (χ4n) is 2.78. The third-order valence-corrected chi connectivity index (χ3v) is 4.38. The van der Waals surface area contributed by atoms with Gasteiger partial charge in [-0.25, -0.2) is 4.98 Å². The van der Waals surface area contributed by atoms with Crippen molar-refractivity contribution in [2.24, 2.45) is 0 Å². The molecule has 106 valence electrons. The Kier molecular flexibility index (Phi) is 3.52. The Balaban J connectivity index is 2.04. The van der Waals surface area contributed by atoms with Crippen LogP contribution in [0.2, 0.25) is 0 Å². The average Bonchev–Trinajstić information content (AvgIpc) is 3.00. The summed E-state index contributed by atoms with van der Waals surface area (Å²) in [4.78, 5) is 4.47. The molecule has 1 aromatic heterocycles. The molecule has 0 bridgehead atoms. The molecule has 0 amide bonds. The minimum absolute atomic E-state index is 0.113. The molecule has 2 aromatic rings. The smallest absolute Gasteiger partial charge is 0.128 e. The minimum Gasteiger partial charge on any atom is -0.487 e. The first-order valence-electron chi connectivity index (χ1n) is 7.04. The number of para-hydroxylation sites is 1. The molecule has 0 saturated heterocycles. The van der Waals surface area contributed by atoms with Crippen molar-refractivity contribution in [3.63, 3.8) is 0 Å². The summed E-state index contributed by atoms with van der Waals surface area (Å²) < 4.78 is 6.19. The molecule has 1 unspecified atom stereocenters. The van der Waals surface area contributed by atoms with Gasteiger partial charge in [0.1, 0.15) is 16.4 Å². The van der Waals surface area contributed by atoms with Gasteiger partial charge in [0.15, 0.2) is 0 Å². The van der Waals surface area contributed by atoms with Crippen LogP contribution in [0.15, 0.2) is 29.8 Å². The SMILES string of the molecule is CCNC(c1nccs1)c1cccc2c1OC(C)(C)C2. The number of hydrogen-bond acceptors (Lipinski definition) is 4. The fourth-order valence-corrected chi connectivity index (χ4v) is 3.51. The lowest BCUT2D eigenvalue weighted by Gasteiger charge is -2.21. The van der Waals surface area contributed by atoms with Crippen LogP contribution in [0.3, 0.4) is 0 Å². The number of nitrogens with zero attached hydrogens (tertiary/aromatic N) is 1. The molecule has 0 saturated carbocycles. The topological polar surface area (TPSA) is 34.2 Å². The summed E-state index contributed by atoms with van der Waals surface area (Å²) >= 11 is 1.68. The molecular formula is C16H20N2OS. The second-order valence-electron chi connectivity index (χ2n) is 5.74. The standard InChI is InChI=1S/C16H20N2OS/c1-4-17-13(15-18-8-9-20-15)12-7-5-6-11-10-16(2,3)19-14(11)12/h5-9,13,17H,4,10H2,1-3H3. The number of benzene rings is 1. The fraction of sp³-hybridized carbons (Fsp3) is 0.438. The predicted molar refractivity (Wildman–Crippen MR) is 82.5 cm³/mol. The van der Waals surface area contributed by atoms with Crippen LogP contribution in [0, 0.1) is 0 Å². The van der Waals surface area contributed by atoms with Gasteiger partial charge < -0.3 is 10.1 Å². The molecule has 20 heavy (non-hydrogen) atoms. The number of hydrogen-bond donors (Lipinski definition) is 1. The number of aromatic nitrogens is 1. The van der Waals surface area contributed by atoms with Gasteiger partial charge in [-0.1, -0.05) is 25.1 Å². The van der Waals surface area contributed by atoms with Crippen molar-refractivity contribution >= 4 is 11.3 Å². The molecule has 2 heterocycles. The molecule has 0 aliphatic carbocycles. The van der Waals surface area contributed by atoms with Crippen molar-refractivity contribution in [1.82, 2.24) is 10.3 Å². The average molecular weight is 288 g/mol. The molecule has 0 radical (unpaired) electrons. The highest BCUT2D eigenvalue weighted by Gasteiger charge is 2.33. The highest BCUT2D eigenvalue weighted by atomic mass is 32.1. The Labute approximate surface area is 124 Å². The molecule has 1 aromatic carbocycles. The summed E-state index contributed by atoms with van der Waals surface area (Å²) in [5.74, 6) is 1.04. The molecule has 0 fully saturated rings. The van der Waals surface area contributed by atoms with E-state index in [1.165, 1.54) is 11.1 Å². The van der Waals surface area contributed by atoms with Crippen LogP contribution in [0.1, 0.15) is 42.9 Å². The van der Waals surface area contributed by atoms with Gasteiger partial charge in [0, 0.05) is 23.6 Å².